The molecule has 0 aliphatic carbocycles. The summed E-state index contributed by atoms with van der Waals surface area (Å²) >= 11 is 0. The van der Waals surface area contributed by atoms with E-state index < -0.39 is 0 Å². The van der Waals surface area contributed by atoms with Crippen LogP contribution >= 0.6 is 0 Å². The molecule has 1 rings (SSSR count). The summed E-state index contributed by atoms with van der Waals surface area (Å²) in [6, 6.07) is 0. The molecule has 14 heavy (non-hydrogen) atoms. The Labute approximate surface area is 88.0 Å². The van der Waals surface area contributed by atoms with Gasteiger partial charge in [0, 0.05) is 12.5 Å². The SMILES string of the molecule is COCC1(C)C(C)OC(C)C(C)C1C. The van der Waals surface area contributed by atoms with Gasteiger partial charge in [-0.15, -0.1) is 0 Å². The summed E-state index contributed by atoms with van der Waals surface area (Å²) in [6.07, 6.45) is 0.647. The third-order valence-electron chi connectivity index (χ3n) is 4.37. The van der Waals surface area contributed by atoms with Crippen molar-refractivity contribution in [2.24, 2.45) is 17.3 Å². The molecular weight excluding hydrogens is 176 g/mol. The maximum Gasteiger partial charge on any atom is 0.0629 e. The molecule has 1 aliphatic heterocycles. The van der Waals surface area contributed by atoms with Crippen LogP contribution in [0.1, 0.15) is 34.6 Å². The first kappa shape index (κ1) is 12.0. The first-order chi connectivity index (χ1) is 6.43. The molecule has 2 nitrogen and oxygen atoms in total. The lowest BCUT2D eigenvalue weighted by atomic mass is 9.66. The van der Waals surface area contributed by atoms with Crippen molar-refractivity contribution in [3.05, 3.63) is 0 Å². The minimum absolute atomic E-state index is 0.153. The second-order valence-electron chi connectivity index (χ2n) is 5.07. The van der Waals surface area contributed by atoms with Crippen LogP contribution in [-0.4, -0.2) is 25.9 Å². The Morgan fingerprint density at radius 3 is 2.29 bits per heavy atom. The molecular formula is C12H24O2. The topological polar surface area (TPSA) is 18.5 Å². The van der Waals surface area contributed by atoms with Crippen LogP contribution in [0.25, 0.3) is 0 Å². The summed E-state index contributed by atoms with van der Waals surface area (Å²) in [5.74, 6) is 1.24. The number of rotatable bonds is 2. The number of methoxy groups -OCH3 is 1. The smallest absolute Gasteiger partial charge is 0.0629 e. The van der Waals surface area contributed by atoms with Gasteiger partial charge in [0.1, 0.15) is 0 Å². The molecule has 0 saturated carbocycles. The summed E-state index contributed by atoms with van der Waals surface area (Å²) in [5.41, 5.74) is 0.153. The van der Waals surface area contributed by atoms with E-state index in [1.54, 1.807) is 7.11 Å². The molecule has 84 valence electrons. The minimum atomic E-state index is 0.153. The second-order valence-corrected chi connectivity index (χ2v) is 5.07. The highest BCUT2D eigenvalue weighted by Gasteiger charge is 2.46. The zero-order valence-corrected chi connectivity index (χ0v) is 10.3. The minimum Gasteiger partial charge on any atom is -0.384 e. The largest absolute Gasteiger partial charge is 0.384 e. The normalized spacial score (nSPS) is 49.3. The summed E-state index contributed by atoms with van der Waals surface area (Å²) in [7, 11) is 1.77. The van der Waals surface area contributed by atoms with E-state index in [2.05, 4.69) is 34.6 Å². The van der Waals surface area contributed by atoms with Gasteiger partial charge in [0.25, 0.3) is 0 Å². The zero-order valence-electron chi connectivity index (χ0n) is 10.3. The van der Waals surface area contributed by atoms with Gasteiger partial charge in [0.05, 0.1) is 18.8 Å². The molecule has 5 atom stereocenters. The van der Waals surface area contributed by atoms with E-state index in [4.69, 9.17) is 9.47 Å². The third-order valence-corrected chi connectivity index (χ3v) is 4.37. The predicted molar refractivity (Wildman–Crippen MR) is 58.3 cm³/mol. The first-order valence-electron chi connectivity index (χ1n) is 5.58. The molecule has 0 radical (unpaired) electrons. The molecule has 0 aromatic carbocycles. The number of hydrogen-bond donors (Lipinski definition) is 0. The van der Waals surface area contributed by atoms with Crippen molar-refractivity contribution in [3.8, 4) is 0 Å². The average Bonchev–Trinajstić information content (AvgIpc) is 2.13. The molecule has 0 bridgehead atoms. The van der Waals surface area contributed by atoms with Crippen molar-refractivity contribution in [2.75, 3.05) is 13.7 Å². The number of hydrogen-bond acceptors (Lipinski definition) is 2. The Kier molecular flexibility index (Phi) is 3.59. The van der Waals surface area contributed by atoms with Gasteiger partial charge in [-0.2, -0.15) is 0 Å². The van der Waals surface area contributed by atoms with Gasteiger partial charge >= 0.3 is 0 Å². The van der Waals surface area contributed by atoms with Crippen molar-refractivity contribution in [1.29, 1.82) is 0 Å². The summed E-state index contributed by atoms with van der Waals surface area (Å²) in [6.45, 7) is 12.0. The van der Waals surface area contributed by atoms with Gasteiger partial charge in [0.2, 0.25) is 0 Å². The van der Waals surface area contributed by atoms with Crippen molar-refractivity contribution in [3.63, 3.8) is 0 Å². The van der Waals surface area contributed by atoms with Crippen molar-refractivity contribution in [2.45, 2.75) is 46.8 Å². The Balaban J connectivity index is 2.82. The molecule has 1 fully saturated rings. The second kappa shape index (κ2) is 4.19. The van der Waals surface area contributed by atoms with Crippen LogP contribution in [0.4, 0.5) is 0 Å². The highest BCUT2D eigenvalue weighted by atomic mass is 16.5. The standard InChI is InChI=1S/C12H24O2/c1-8-9(2)12(5,7-13-6)11(4)14-10(8)3/h8-11H,7H2,1-6H3. The molecule has 0 N–H and O–H groups in total. The van der Waals surface area contributed by atoms with Gasteiger partial charge < -0.3 is 9.47 Å². The summed E-state index contributed by atoms with van der Waals surface area (Å²) < 4.78 is 11.3. The molecule has 2 heteroatoms. The van der Waals surface area contributed by atoms with E-state index in [1.165, 1.54) is 0 Å². The predicted octanol–water partition coefficient (Wildman–Crippen LogP) is 2.72. The van der Waals surface area contributed by atoms with Crippen LogP contribution in [0.15, 0.2) is 0 Å². The van der Waals surface area contributed by atoms with Gasteiger partial charge in [-0.25, -0.2) is 0 Å². The van der Waals surface area contributed by atoms with Crippen molar-refractivity contribution < 1.29 is 9.47 Å². The van der Waals surface area contributed by atoms with E-state index in [1.807, 2.05) is 0 Å². The fourth-order valence-electron chi connectivity index (χ4n) is 2.54. The molecule has 0 aromatic rings. The van der Waals surface area contributed by atoms with Crippen LogP contribution in [0.3, 0.4) is 0 Å². The van der Waals surface area contributed by atoms with Crippen molar-refractivity contribution >= 4 is 0 Å². The van der Waals surface area contributed by atoms with E-state index in [9.17, 15) is 0 Å². The van der Waals surface area contributed by atoms with E-state index in [0.717, 1.165) is 6.61 Å². The third kappa shape index (κ3) is 1.82. The van der Waals surface area contributed by atoms with E-state index >= 15 is 0 Å². The van der Waals surface area contributed by atoms with Crippen LogP contribution in [-0.2, 0) is 9.47 Å². The maximum absolute atomic E-state index is 5.96. The first-order valence-corrected chi connectivity index (χ1v) is 5.58. The molecule has 0 amide bonds. The Morgan fingerprint density at radius 1 is 1.21 bits per heavy atom. The highest BCUT2D eigenvalue weighted by Crippen LogP contribution is 2.44. The van der Waals surface area contributed by atoms with Crippen LogP contribution in [0, 0.1) is 17.3 Å². The average molecular weight is 200 g/mol. The molecule has 5 unspecified atom stereocenters. The molecule has 1 saturated heterocycles. The van der Waals surface area contributed by atoms with Gasteiger partial charge in [-0.3, -0.25) is 0 Å². The van der Waals surface area contributed by atoms with E-state index in [-0.39, 0.29) is 11.5 Å². The summed E-state index contributed by atoms with van der Waals surface area (Å²) in [4.78, 5) is 0. The van der Waals surface area contributed by atoms with Gasteiger partial charge in [-0.1, -0.05) is 20.8 Å². The summed E-state index contributed by atoms with van der Waals surface area (Å²) in [5, 5.41) is 0. The lowest BCUT2D eigenvalue weighted by molar-refractivity contribution is -0.182. The molecule has 0 aromatic heterocycles. The van der Waals surface area contributed by atoms with Crippen LogP contribution in [0.2, 0.25) is 0 Å². The highest BCUT2D eigenvalue weighted by molar-refractivity contribution is 4.93. The Hall–Kier alpha value is -0.0800. The monoisotopic (exact) mass is 200 g/mol. The zero-order chi connectivity index (χ0) is 10.9. The fourth-order valence-corrected chi connectivity index (χ4v) is 2.54. The Morgan fingerprint density at radius 2 is 1.79 bits per heavy atom. The lowest BCUT2D eigenvalue weighted by Crippen LogP contribution is -2.52. The molecule has 0 spiro atoms. The number of ether oxygens (including phenoxy) is 2. The van der Waals surface area contributed by atoms with E-state index in [0.29, 0.717) is 17.9 Å². The molecule has 1 heterocycles. The van der Waals surface area contributed by atoms with Crippen LogP contribution in [0.5, 0.6) is 0 Å². The quantitative estimate of drug-likeness (QED) is 0.682. The van der Waals surface area contributed by atoms with Crippen molar-refractivity contribution in [1.82, 2.24) is 0 Å². The van der Waals surface area contributed by atoms with Crippen LogP contribution < -0.4 is 0 Å². The fraction of sp³-hybridized carbons (Fsp3) is 1.00. The Bertz CT molecular complexity index is 193. The van der Waals surface area contributed by atoms with Gasteiger partial charge in [0.15, 0.2) is 0 Å². The maximum atomic E-state index is 5.96. The molecule has 1 aliphatic rings. The lowest BCUT2D eigenvalue weighted by Gasteiger charge is -2.50. The van der Waals surface area contributed by atoms with Gasteiger partial charge in [-0.05, 0) is 25.7 Å².